The number of likely N-dealkylation sites (N-methyl/N-ethyl adjacent to an activating group) is 1. The van der Waals surface area contributed by atoms with Gasteiger partial charge in [0, 0.05) is 23.3 Å². The minimum absolute atomic E-state index is 0.451. The molecule has 2 unspecified atom stereocenters. The lowest BCUT2D eigenvalue weighted by Gasteiger charge is -2.22. The van der Waals surface area contributed by atoms with Gasteiger partial charge in [0.15, 0.2) is 0 Å². The van der Waals surface area contributed by atoms with E-state index < -0.39 is 0 Å². The van der Waals surface area contributed by atoms with Gasteiger partial charge in [-0.15, -0.1) is 11.8 Å². The molecule has 0 spiro atoms. The van der Waals surface area contributed by atoms with Crippen molar-refractivity contribution in [1.82, 2.24) is 5.32 Å². The van der Waals surface area contributed by atoms with Crippen LogP contribution in [0.5, 0.6) is 0 Å². The first-order chi connectivity index (χ1) is 7.85. The van der Waals surface area contributed by atoms with E-state index in [1.165, 1.54) is 10.5 Å². The molecule has 0 amide bonds. The van der Waals surface area contributed by atoms with Crippen molar-refractivity contribution in [3.63, 3.8) is 0 Å². The molecule has 1 heterocycles. The van der Waals surface area contributed by atoms with Crippen molar-refractivity contribution in [3.8, 4) is 0 Å². The Morgan fingerprint density at radius 2 is 2.31 bits per heavy atom. The molecule has 0 aromatic heterocycles. The number of benzene rings is 1. The van der Waals surface area contributed by atoms with Crippen LogP contribution in [-0.4, -0.2) is 31.6 Å². The molecule has 1 aromatic rings. The smallest absolute Gasteiger partial charge is 0.0626 e. The SMILES string of the molecule is CCNC(COC)C1Cc2ccccc2S1. The predicted octanol–water partition coefficient (Wildman–Crippen LogP) is 2.33. The van der Waals surface area contributed by atoms with Crippen molar-refractivity contribution in [1.29, 1.82) is 0 Å². The highest BCUT2D eigenvalue weighted by molar-refractivity contribution is 8.00. The highest BCUT2D eigenvalue weighted by Gasteiger charge is 2.28. The van der Waals surface area contributed by atoms with Crippen molar-refractivity contribution in [3.05, 3.63) is 29.8 Å². The van der Waals surface area contributed by atoms with E-state index >= 15 is 0 Å². The summed E-state index contributed by atoms with van der Waals surface area (Å²) < 4.78 is 5.29. The monoisotopic (exact) mass is 237 g/mol. The third kappa shape index (κ3) is 2.59. The Kier molecular flexibility index (Phi) is 4.27. The van der Waals surface area contributed by atoms with Gasteiger partial charge < -0.3 is 10.1 Å². The van der Waals surface area contributed by atoms with E-state index in [4.69, 9.17) is 4.74 Å². The second-order valence-corrected chi connectivity index (χ2v) is 5.37. The first kappa shape index (κ1) is 12.0. The molecule has 2 nitrogen and oxygen atoms in total. The Morgan fingerprint density at radius 3 is 3.00 bits per heavy atom. The minimum Gasteiger partial charge on any atom is -0.383 e. The number of thioether (sulfide) groups is 1. The molecule has 1 aliphatic rings. The Balaban J connectivity index is 2.02. The molecule has 1 aromatic carbocycles. The Hall–Kier alpha value is -0.510. The summed E-state index contributed by atoms with van der Waals surface area (Å²) in [6, 6.07) is 9.15. The largest absolute Gasteiger partial charge is 0.383 e. The average molecular weight is 237 g/mol. The normalized spacial score (nSPS) is 20.8. The van der Waals surface area contributed by atoms with Gasteiger partial charge in [0.25, 0.3) is 0 Å². The summed E-state index contributed by atoms with van der Waals surface area (Å²) in [6.07, 6.45) is 1.15. The standard InChI is InChI=1S/C13H19NOS/c1-3-14-11(9-15-2)13-8-10-6-4-5-7-12(10)16-13/h4-7,11,13-14H,3,8-9H2,1-2H3. The van der Waals surface area contributed by atoms with Gasteiger partial charge in [-0.2, -0.15) is 0 Å². The molecule has 0 aliphatic carbocycles. The van der Waals surface area contributed by atoms with Crippen molar-refractivity contribution in [2.45, 2.75) is 29.5 Å². The lowest BCUT2D eigenvalue weighted by atomic mass is 10.1. The lowest BCUT2D eigenvalue weighted by Crippen LogP contribution is -2.41. The zero-order valence-electron chi connectivity index (χ0n) is 9.90. The first-order valence-corrected chi connectivity index (χ1v) is 6.70. The van der Waals surface area contributed by atoms with Crippen molar-refractivity contribution < 1.29 is 4.74 Å². The summed E-state index contributed by atoms with van der Waals surface area (Å²) in [5.41, 5.74) is 1.48. The van der Waals surface area contributed by atoms with Gasteiger partial charge in [0.2, 0.25) is 0 Å². The highest BCUT2D eigenvalue weighted by atomic mass is 32.2. The van der Waals surface area contributed by atoms with Crippen molar-refractivity contribution in [2.75, 3.05) is 20.3 Å². The zero-order valence-corrected chi connectivity index (χ0v) is 10.7. The molecule has 1 aliphatic heterocycles. The third-order valence-electron chi connectivity index (χ3n) is 2.93. The van der Waals surface area contributed by atoms with Crippen LogP contribution >= 0.6 is 11.8 Å². The van der Waals surface area contributed by atoms with Gasteiger partial charge in [0.1, 0.15) is 0 Å². The Bertz CT molecular complexity index is 311. The molecular weight excluding hydrogens is 218 g/mol. The van der Waals surface area contributed by atoms with E-state index in [0.29, 0.717) is 11.3 Å². The van der Waals surface area contributed by atoms with E-state index in [0.717, 1.165) is 19.6 Å². The number of hydrogen-bond acceptors (Lipinski definition) is 3. The molecule has 0 bridgehead atoms. The Morgan fingerprint density at radius 1 is 1.50 bits per heavy atom. The van der Waals surface area contributed by atoms with Crippen LogP contribution in [0.25, 0.3) is 0 Å². The number of methoxy groups -OCH3 is 1. The molecule has 16 heavy (non-hydrogen) atoms. The summed E-state index contributed by atoms with van der Waals surface area (Å²) in [7, 11) is 1.77. The minimum atomic E-state index is 0.451. The summed E-state index contributed by atoms with van der Waals surface area (Å²) in [5.74, 6) is 0. The molecule has 3 heteroatoms. The van der Waals surface area contributed by atoms with Crippen molar-refractivity contribution >= 4 is 11.8 Å². The van der Waals surface area contributed by atoms with Crippen molar-refractivity contribution in [2.24, 2.45) is 0 Å². The fraction of sp³-hybridized carbons (Fsp3) is 0.538. The molecule has 2 rings (SSSR count). The molecule has 88 valence electrons. The zero-order chi connectivity index (χ0) is 11.4. The van der Waals surface area contributed by atoms with E-state index in [1.807, 2.05) is 11.8 Å². The van der Waals surface area contributed by atoms with Gasteiger partial charge in [-0.3, -0.25) is 0 Å². The molecular formula is C13H19NOS. The van der Waals surface area contributed by atoms with Gasteiger partial charge in [-0.05, 0) is 24.6 Å². The molecule has 0 radical (unpaired) electrons. The maximum absolute atomic E-state index is 5.29. The molecule has 2 atom stereocenters. The van der Waals surface area contributed by atoms with Gasteiger partial charge in [-0.1, -0.05) is 25.1 Å². The maximum atomic E-state index is 5.29. The van der Waals surface area contributed by atoms with Crippen LogP contribution in [0, 0.1) is 0 Å². The van der Waals surface area contributed by atoms with Crippen LogP contribution < -0.4 is 5.32 Å². The molecule has 1 N–H and O–H groups in total. The molecule has 0 fully saturated rings. The number of hydrogen-bond donors (Lipinski definition) is 1. The van der Waals surface area contributed by atoms with E-state index in [2.05, 4.69) is 36.5 Å². The molecule has 0 saturated heterocycles. The van der Waals surface area contributed by atoms with E-state index in [9.17, 15) is 0 Å². The molecule has 0 saturated carbocycles. The summed E-state index contributed by atoms with van der Waals surface area (Å²) in [6.45, 7) is 3.94. The van der Waals surface area contributed by atoms with Crippen LogP contribution in [0.2, 0.25) is 0 Å². The lowest BCUT2D eigenvalue weighted by molar-refractivity contribution is 0.166. The first-order valence-electron chi connectivity index (χ1n) is 5.82. The second-order valence-electron chi connectivity index (χ2n) is 4.09. The quantitative estimate of drug-likeness (QED) is 0.849. The number of ether oxygens (including phenoxy) is 1. The predicted molar refractivity (Wildman–Crippen MR) is 69.1 cm³/mol. The number of nitrogens with one attached hydrogen (secondary N) is 1. The van der Waals surface area contributed by atoms with Gasteiger partial charge >= 0.3 is 0 Å². The van der Waals surface area contributed by atoms with Crippen LogP contribution in [0.15, 0.2) is 29.2 Å². The van der Waals surface area contributed by atoms with E-state index in [-0.39, 0.29) is 0 Å². The van der Waals surface area contributed by atoms with Gasteiger partial charge in [0.05, 0.1) is 6.61 Å². The summed E-state index contributed by atoms with van der Waals surface area (Å²) in [5, 5.41) is 4.12. The fourth-order valence-corrected chi connectivity index (χ4v) is 3.56. The van der Waals surface area contributed by atoms with Crippen LogP contribution in [-0.2, 0) is 11.2 Å². The maximum Gasteiger partial charge on any atom is 0.0626 e. The van der Waals surface area contributed by atoms with Gasteiger partial charge in [-0.25, -0.2) is 0 Å². The second kappa shape index (κ2) is 5.71. The number of rotatable bonds is 5. The summed E-state index contributed by atoms with van der Waals surface area (Å²) >= 11 is 1.98. The van der Waals surface area contributed by atoms with E-state index in [1.54, 1.807) is 7.11 Å². The van der Waals surface area contributed by atoms with Crippen LogP contribution in [0.4, 0.5) is 0 Å². The van der Waals surface area contributed by atoms with Crippen LogP contribution in [0.3, 0.4) is 0 Å². The summed E-state index contributed by atoms with van der Waals surface area (Å²) in [4.78, 5) is 1.44. The third-order valence-corrected chi connectivity index (χ3v) is 4.38. The highest BCUT2D eigenvalue weighted by Crippen LogP contribution is 2.38. The Labute approximate surface area is 102 Å². The fourth-order valence-electron chi connectivity index (χ4n) is 2.17. The number of fused-ring (bicyclic) bond motifs is 1. The topological polar surface area (TPSA) is 21.3 Å². The average Bonchev–Trinajstić information content (AvgIpc) is 2.72. The van der Waals surface area contributed by atoms with Crippen LogP contribution in [0.1, 0.15) is 12.5 Å².